The fraction of sp³-hybridized carbons (Fsp3) is 0.556. The molecule has 26 heavy (non-hydrogen) atoms. The Hall–Kier alpha value is -2.32. The Kier molecular flexibility index (Phi) is 4.94. The molecule has 0 spiro atoms. The van der Waals surface area contributed by atoms with Gasteiger partial charge in [0, 0.05) is 19.6 Å². The lowest BCUT2D eigenvalue weighted by molar-refractivity contribution is -0.0667. The second-order valence-corrected chi connectivity index (χ2v) is 6.52. The molecule has 0 unspecified atom stereocenters. The highest BCUT2D eigenvalue weighted by molar-refractivity contribution is 5.51. The lowest BCUT2D eigenvalue weighted by Gasteiger charge is -2.40. The minimum Gasteiger partial charge on any atom is -0.493 e. The molecular weight excluding hydrogens is 336 g/mol. The van der Waals surface area contributed by atoms with Gasteiger partial charge < -0.3 is 18.9 Å². The van der Waals surface area contributed by atoms with Crippen LogP contribution in [0.2, 0.25) is 0 Å². The molecule has 1 saturated heterocycles. The highest BCUT2D eigenvalue weighted by Gasteiger charge is 2.36. The number of piperidine rings is 1. The SMILES string of the molecule is COc1cccc(OC)c1OCCN1CC[C@@H]2OCc3cnnn3[C@H]2C1. The molecule has 0 N–H and O–H groups in total. The van der Waals surface area contributed by atoms with Crippen molar-refractivity contribution in [3.05, 3.63) is 30.1 Å². The van der Waals surface area contributed by atoms with Crippen LogP contribution in [0.3, 0.4) is 0 Å². The number of fused-ring (bicyclic) bond motifs is 3. The van der Waals surface area contributed by atoms with E-state index < -0.39 is 0 Å². The highest BCUT2D eigenvalue weighted by atomic mass is 16.5. The van der Waals surface area contributed by atoms with Crippen LogP contribution < -0.4 is 14.2 Å². The topological polar surface area (TPSA) is 70.9 Å². The zero-order valence-corrected chi connectivity index (χ0v) is 15.1. The number of ether oxygens (including phenoxy) is 4. The largest absolute Gasteiger partial charge is 0.493 e. The Morgan fingerprint density at radius 1 is 1.23 bits per heavy atom. The summed E-state index contributed by atoms with van der Waals surface area (Å²) in [5.74, 6) is 2.00. The fourth-order valence-corrected chi connectivity index (χ4v) is 3.68. The lowest BCUT2D eigenvalue weighted by atomic mass is 10.0. The zero-order chi connectivity index (χ0) is 17.9. The second kappa shape index (κ2) is 7.51. The zero-order valence-electron chi connectivity index (χ0n) is 15.1. The highest BCUT2D eigenvalue weighted by Crippen LogP contribution is 2.37. The third kappa shape index (κ3) is 3.22. The molecule has 0 bridgehead atoms. The Morgan fingerprint density at radius 2 is 2.04 bits per heavy atom. The number of rotatable bonds is 6. The molecule has 2 aliphatic heterocycles. The van der Waals surface area contributed by atoms with Crippen LogP contribution in [-0.2, 0) is 11.3 Å². The van der Waals surface area contributed by atoms with Gasteiger partial charge in [-0.2, -0.15) is 0 Å². The van der Waals surface area contributed by atoms with Crippen molar-refractivity contribution in [3.63, 3.8) is 0 Å². The molecule has 1 aromatic carbocycles. The molecular formula is C18H24N4O4. The van der Waals surface area contributed by atoms with E-state index in [0.717, 1.165) is 31.7 Å². The fourth-order valence-electron chi connectivity index (χ4n) is 3.68. The van der Waals surface area contributed by atoms with Crippen LogP contribution in [0.1, 0.15) is 18.2 Å². The van der Waals surface area contributed by atoms with Crippen molar-refractivity contribution in [3.8, 4) is 17.2 Å². The summed E-state index contributed by atoms with van der Waals surface area (Å²) in [5.41, 5.74) is 1.04. The number of benzene rings is 1. The van der Waals surface area contributed by atoms with Gasteiger partial charge in [-0.05, 0) is 18.6 Å². The summed E-state index contributed by atoms with van der Waals surface area (Å²) in [6.45, 7) is 3.84. The summed E-state index contributed by atoms with van der Waals surface area (Å²) in [5, 5.41) is 8.27. The van der Waals surface area contributed by atoms with Gasteiger partial charge in [-0.3, -0.25) is 4.90 Å². The van der Waals surface area contributed by atoms with Crippen LogP contribution in [0, 0.1) is 0 Å². The van der Waals surface area contributed by atoms with E-state index in [1.807, 2.05) is 22.9 Å². The molecule has 1 fully saturated rings. The van der Waals surface area contributed by atoms with Gasteiger partial charge in [-0.15, -0.1) is 5.10 Å². The summed E-state index contributed by atoms with van der Waals surface area (Å²) in [4.78, 5) is 2.38. The molecule has 0 saturated carbocycles. The minimum atomic E-state index is 0.218. The first-order chi connectivity index (χ1) is 12.8. The molecule has 0 aliphatic carbocycles. The van der Waals surface area contributed by atoms with Crippen molar-refractivity contribution in [2.45, 2.75) is 25.2 Å². The van der Waals surface area contributed by atoms with E-state index in [9.17, 15) is 0 Å². The summed E-state index contributed by atoms with van der Waals surface area (Å²) >= 11 is 0. The number of hydrogen-bond donors (Lipinski definition) is 0. The van der Waals surface area contributed by atoms with Crippen LogP contribution in [0.15, 0.2) is 24.4 Å². The van der Waals surface area contributed by atoms with Crippen LogP contribution in [0.4, 0.5) is 0 Å². The first-order valence-electron chi connectivity index (χ1n) is 8.87. The average Bonchev–Trinajstić information content (AvgIpc) is 3.17. The summed E-state index contributed by atoms with van der Waals surface area (Å²) in [6, 6.07) is 5.84. The van der Waals surface area contributed by atoms with Crippen molar-refractivity contribution < 1.29 is 18.9 Å². The van der Waals surface area contributed by atoms with E-state index >= 15 is 0 Å². The molecule has 3 heterocycles. The number of likely N-dealkylation sites (tertiary alicyclic amines) is 1. The summed E-state index contributed by atoms with van der Waals surface area (Å²) in [6.07, 6.45) is 2.99. The third-order valence-electron chi connectivity index (χ3n) is 5.05. The predicted molar refractivity (Wildman–Crippen MR) is 93.7 cm³/mol. The van der Waals surface area contributed by atoms with E-state index in [1.54, 1.807) is 20.4 Å². The number of hydrogen-bond acceptors (Lipinski definition) is 7. The normalized spacial score (nSPS) is 22.4. The van der Waals surface area contributed by atoms with Crippen molar-refractivity contribution in [1.82, 2.24) is 19.9 Å². The first-order valence-corrected chi connectivity index (χ1v) is 8.87. The van der Waals surface area contributed by atoms with E-state index in [0.29, 0.717) is 30.5 Å². The first kappa shape index (κ1) is 17.1. The van der Waals surface area contributed by atoms with Crippen LogP contribution >= 0.6 is 0 Å². The third-order valence-corrected chi connectivity index (χ3v) is 5.05. The minimum absolute atomic E-state index is 0.218. The van der Waals surface area contributed by atoms with Gasteiger partial charge in [0.05, 0.1) is 44.9 Å². The summed E-state index contributed by atoms with van der Waals surface area (Å²) in [7, 11) is 3.26. The molecule has 4 rings (SSSR count). The van der Waals surface area contributed by atoms with Gasteiger partial charge in [-0.1, -0.05) is 11.3 Å². The quantitative estimate of drug-likeness (QED) is 0.773. The monoisotopic (exact) mass is 360 g/mol. The van der Waals surface area contributed by atoms with Gasteiger partial charge in [0.25, 0.3) is 0 Å². The van der Waals surface area contributed by atoms with Gasteiger partial charge in [0.15, 0.2) is 11.5 Å². The van der Waals surface area contributed by atoms with E-state index in [1.165, 1.54) is 0 Å². The molecule has 0 radical (unpaired) electrons. The average molecular weight is 360 g/mol. The van der Waals surface area contributed by atoms with E-state index in [2.05, 4.69) is 15.2 Å². The number of aromatic nitrogens is 3. The van der Waals surface area contributed by atoms with Gasteiger partial charge in [-0.25, -0.2) is 4.68 Å². The van der Waals surface area contributed by atoms with E-state index in [4.69, 9.17) is 18.9 Å². The molecule has 1 aromatic heterocycles. The van der Waals surface area contributed by atoms with Crippen LogP contribution in [-0.4, -0.2) is 66.5 Å². The molecule has 2 aromatic rings. The van der Waals surface area contributed by atoms with Crippen molar-refractivity contribution in [1.29, 1.82) is 0 Å². The van der Waals surface area contributed by atoms with Crippen molar-refractivity contribution in [2.75, 3.05) is 40.5 Å². The molecule has 8 heteroatoms. The Morgan fingerprint density at radius 3 is 2.81 bits per heavy atom. The standard InChI is InChI=1S/C18H24N4O4/c1-23-16-4-3-5-17(24-2)18(16)25-9-8-21-7-6-15-14(11-21)22-13(12-26-15)10-19-20-22/h3-5,10,14-15H,6-9,11-12H2,1-2H3/t14-,15-/m0/s1. The summed E-state index contributed by atoms with van der Waals surface area (Å²) < 4.78 is 24.7. The van der Waals surface area contributed by atoms with Gasteiger partial charge in [0.1, 0.15) is 6.61 Å². The van der Waals surface area contributed by atoms with Crippen molar-refractivity contribution in [2.24, 2.45) is 0 Å². The number of para-hydroxylation sites is 1. The predicted octanol–water partition coefficient (Wildman–Crippen LogP) is 1.52. The molecule has 0 amide bonds. The Bertz CT molecular complexity index is 728. The smallest absolute Gasteiger partial charge is 0.203 e. The van der Waals surface area contributed by atoms with Crippen molar-refractivity contribution >= 4 is 0 Å². The Labute approximate surface area is 152 Å². The Balaban J connectivity index is 1.37. The molecule has 8 nitrogen and oxygen atoms in total. The number of methoxy groups -OCH3 is 2. The maximum atomic E-state index is 5.99. The molecule has 2 aliphatic rings. The van der Waals surface area contributed by atoms with Gasteiger partial charge in [0.2, 0.25) is 5.75 Å². The lowest BCUT2D eigenvalue weighted by Crippen LogP contribution is -2.48. The van der Waals surface area contributed by atoms with Gasteiger partial charge >= 0.3 is 0 Å². The maximum Gasteiger partial charge on any atom is 0.203 e. The van der Waals surface area contributed by atoms with Crippen LogP contribution in [0.25, 0.3) is 0 Å². The van der Waals surface area contributed by atoms with E-state index in [-0.39, 0.29) is 12.1 Å². The van der Waals surface area contributed by atoms with Crippen LogP contribution in [0.5, 0.6) is 17.2 Å². The number of nitrogens with zero attached hydrogens (tertiary/aromatic N) is 4. The molecule has 140 valence electrons. The second-order valence-electron chi connectivity index (χ2n) is 6.52. The molecule has 2 atom stereocenters. The maximum absolute atomic E-state index is 5.99.